The Morgan fingerprint density at radius 1 is 1.09 bits per heavy atom. The zero-order valence-electron chi connectivity index (χ0n) is 12.3. The van der Waals surface area contributed by atoms with Crippen LogP contribution in [0.4, 0.5) is 20.2 Å². The SMILES string of the molecule is CCc1ccccc1NCCC(=O)Nc1ccc(F)cc1F. The van der Waals surface area contributed by atoms with Crippen LogP contribution in [0.1, 0.15) is 18.9 Å². The van der Waals surface area contributed by atoms with E-state index in [2.05, 4.69) is 17.6 Å². The summed E-state index contributed by atoms with van der Waals surface area (Å²) in [7, 11) is 0. The van der Waals surface area contributed by atoms with Crippen LogP contribution >= 0.6 is 0 Å². The van der Waals surface area contributed by atoms with E-state index in [4.69, 9.17) is 0 Å². The van der Waals surface area contributed by atoms with Gasteiger partial charge in [0, 0.05) is 24.7 Å². The number of hydrogen-bond donors (Lipinski definition) is 2. The van der Waals surface area contributed by atoms with Crippen LogP contribution in [-0.4, -0.2) is 12.5 Å². The Bertz CT molecular complexity index is 659. The van der Waals surface area contributed by atoms with Crippen LogP contribution in [0.5, 0.6) is 0 Å². The van der Waals surface area contributed by atoms with E-state index in [1.54, 1.807) is 0 Å². The molecule has 2 aromatic rings. The van der Waals surface area contributed by atoms with Crippen molar-refractivity contribution in [2.75, 3.05) is 17.2 Å². The molecule has 0 saturated carbocycles. The minimum atomic E-state index is -0.780. The first-order valence-corrected chi connectivity index (χ1v) is 7.17. The van der Waals surface area contributed by atoms with Crippen LogP contribution in [0.2, 0.25) is 0 Å². The van der Waals surface area contributed by atoms with Gasteiger partial charge >= 0.3 is 0 Å². The Hall–Kier alpha value is -2.43. The number of aryl methyl sites for hydroxylation is 1. The fourth-order valence-corrected chi connectivity index (χ4v) is 2.12. The third-order valence-corrected chi connectivity index (χ3v) is 3.27. The Balaban J connectivity index is 1.85. The van der Waals surface area contributed by atoms with Crippen molar-refractivity contribution in [2.24, 2.45) is 0 Å². The first kappa shape index (κ1) is 15.9. The number of halogens is 2. The Kier molecular flexibility index (Phi) is 5.47. The van der Waals surface area contributed by atoms with Gasteiger partial charge in [0.2, 0.25) is 5.91 Å². The highest BCUT2D eigenvalue weighted by Gasteiger charge is 2.08. The lowest BCUT2D eigenvalue weighted by atomic mass is 10.1. The highest BCUT2D eigenvalue weighted by atomic mass is 19.1. The second-order valence-corrected chi connectivity index (χ2v) is 4.86. The van der Waals surface area contributed by atoms with Gasteiger partial charge in [0.05, 0.1) is 5.69 Å². The lowest BCUT2D eigenvalue weighted by molar-refractivity contribution is -0.116. The molecule has 0 aliphatic rings. The second kappa shape index (κ2) is 7.54. The molecule has 116 valence electrons. The molecule has 0 radical (unpaired) electrons. The minimum absolute atomic E-state index is 0.0136. The number of carbonyl (C=O) groups excluding carboxylic acids is 1. The number of benzene rings is 2. The molecule has 2 aromatic carbocycles. The molecule has 0 heterocycles. The van der Waals surface area contributed by atoms with Crippen LogP contribution in [-0.2, 0) is 11.2 Å². The van der Waals surface area contributed by atoms with Gasteiger partial charge < -0.3 is 10.6 Å². The standard InChI is InChI=1S/C17H18F2N2O/c1-2-12-5-3-4-6-15(12)20-10-9-17(22)21-16-8-7-13(18)11-14(16)19/h3-8,11,20H,2,9-10H2,1H3,(H,21,22). The van der Waals surface area contributed by atoms with Crippen LogP contribution in [0.15, 0.2) is 42.5 Å². The van der Waals surface area contributed by atoms with Gasteiger partial charge in [-0.15, -0.1) is 0 Å². The number of anilines is 2. The van der Waals surface area contributed by atoms with Crippen molar-refractivity contribution in [1.82, 2.24) is 0 Å². The highest BCUT2D eigenvalue weighted by molar-refractivity contribution is 5.91. The van der Waals surface area contributed by atoms with Crippen LogP contribution in [0.25, 0.3) is 0 Å². The summed E-state index contributed by atoms with van der Waals surface area (Å²) in [4.78, 5) is 11.8. The molecule has 2 N–H and O–H groups in total. The third kappa shape index (κ3) is 4.28. The molecule has 1 amide bonds. The number of hydrogen-bond acceptors (Lipinski definition) is 2. The van der Waals surface area contributed by atoms with E-state index in [1.807, 2.05) is 24.3 Å². The molecule has 2 rings (SSSR count). The van der Waals surface area contributed by atoms with Crippen molar-refractivity contribution in [3.8, 4) is 0 Å². The van der Waals surface area contributed by atoms with Crippen molar-refractivity contribution < 1.29 is 13.6 Å². The second-order valence-electron chi connectivity index (χ2n) is 4.86. The fourth-order valence-electron chi connectivity index (χ4n) is 2.12. The maximum absolute atomic E-state index is 13.4. The van der Waals surface area contributed by atoms with E-state index in [0.717, 1.165) is 24.2 Å². The molecular formula is C17H18F2N2O. The molecular weight excluding hydrogens is 286 g/mol. The molecule has 0 fully saturated rings. The van der Waals surface area contributed by atoms with Crippen molar-refractivity contribution in [2.45, 2.75) is 19.8 Å². The lowest BCUT2D eigenvalue weighted by Gasteiger charge is -2.11. The summed E-state index contributed by atoms with van der Waals surface area (Å²) < 4.78 is 26.2. The molecule has 0 saturated heterocycles. The number of amides is 1. The topological polar surface area (TPSA) is 41.1 Å². The van der Waals surface area contributed by atoms with Crippen molar-refractivity contribution in [3.05, 3.63) is 59.7 Å². The van der Waals surface area contributed by atoms with Crippen molar-refractivity contribution >= 4 is 17.3 Å². The van der Waals surface area contributed by atoms with Gasteiger partial charge in [-0.25, -0.2) is 8.78 Å². The van der Waals surface area contributed by atoms with Crippen molar-refractivity contribution in [3.63, 3.8) is 0 Å². The third-order valence-electron chi connectivity index (χ3n) is 3.27. The Morgan fingerprint density at radius 3 is 2.59 bits per heavy atom. The summed E-state index contributed by atoms with van der Waals surface area (Å²) >= 11 is 0. The molecule has 0 unspecified atom stereocenters. The molecule has 22 heavy (non-hydrogen) atoms. The van der Waals surface area contributed by atoms with Gasteiger partial charge in [0.1, 0.15) is 11.6 Å². The number of para-hydroxylation sites is 1. The zero-order valence-corrected chi connectivity index (χ0v) is 12.3. The predicted octanol–water partition coefficient (Wildman–Crippen LogP) is 3.97. The molecule has 3 nitrogen and oxygen atoms in total. The van der Waals surface area contributed by atoms with Crippen molar-refractivity contribution in [1.29, 1.82) is 0 Å². The predicted molar refractivity (Wildman–Crippen MR) is 83.9 cm³/mol. The highest BCUT2D eigenvalue weighted by Crippen LogP contribution is 2.16. The molecule has 0 bridgehead atoms. The average Bonchev–Trinajstić information content (AvgIpc) is 2.50. The number of nitrogens with one attached hydrogen (secondary N) is 2. The number of carbonyl (C=O) groups is 1. The quantitative estimate of drug-likeness (QED) is 0.848. The van der Waals surface area contributed by atoms with Gasteiger partial charge in [-0.1, -0.05) is 25.1 Å². The summed E-state index contributed by atoms with van der Waals surface area (Å²) in [6, 6.07) is 10.9. The summed E-state index contributed by atoms with van der Waals surface area (Å²) in [6.07, 6.45) is 1.09. The summed E-state index contributed by atoms with van der Waals surface area (Å²) in [6.45, 7) is 2.50. The van der Waals surface area contributed by atoms with E-state index in [0.29, 0.717) is 6.54 Å². The van der Waals surface area contributed by atoms with Gasteiger partial charge in [-0.2, -0.15) is 0 Å². The fraction of sp³-hybridized carbons (Fsp3) is 0.235. The normalized spacial score (nSPS) is 10.3. The van der Waals surface area contributed by atoms with Gasteiger partial charge in [-0.05, 0) is 30.2 Å². The lowest BCUT2D eigenvalue weighted by Crippen LogP contribution is -2.17. The first-order valence-electron chi connectivity index (χ1n) is 7.17. The number of rotatable bonds is 6. The largest absolute Gasteiger partial charge is 0.384 e. The summed E-state index contributed by atoms with van der Waals surface area (Å²) in [5, 5.41) is 5.62. The van der Waals surface area contributed by atoms with Gasteiger partial charge in [-0.3, -0.25) is 4.79 Å². The van der Waals surface area contributed by atoms with E-state index >= 15 is 0 Å². The summed E-state index contributed by atoms with van der Waals surface area (Å²) in [5.74, 6) is -1.78. The first-order chi connectivity index (χ1) is 10.6. The molecule has 0 atom stereocenters. The van der Waals surface area contributed by atoms with E-state index in [1.165, 1.54) is 11.6 Å². The molecule has 0 spiro atoms. The Morgan fingerprint density at radius 2 is 1.86 bits per heavy atom. The van der Waals surface area contributed by atoms with Gasteiger partial charge in [0.25, 0.3) is 0 Å². The van der Waals surface area contributed by atoms with E-state index < -0.39 is 11.6 Å². The van der Waals surface area contributed by atoms with Gasteiger partial charge in [0.15, 0.2) is 0 Å². The van der Waals surface area contributed by atoms with Crippen LogP contribution < -0.4 is 10.6 Å². The Labute approximate surface area is 128 Å². The zero-order chi connectivity index (χ0) is 15.9. The molecule has 0 aliphatic carbocycles. The summed E-state index contributed by atoms with van der Waals surface area (Å²) in [5.41, 5.74) is 2.15. The monoisotopic (exact) mass is 304 g/mol. The smallest absolute Gasteiger partial charge is 0.226 e. The van der Waals surface area contributed by atoms with Crippen LogP contribution in [0.3, 0.4) is 0 Å². The maximum atomic E-state index is 13.4. The van der Waals surface area contributed by atoms with E-state index in [-0.39, 0.29) is 18.0 Å². The average molecular weight is 304 g/mol. The van der Waals surface area contributed by atoms with Crippen LogP contribution in [0, 0.1) is 11.6 Å². The molecule has 0 aromatic heterocycles. The van der Waals surface area contributed by atoms with E-state index in [9.17, 15) is 13.6 Å². The maximum Gasteiger partial charge on any atom is 0.226 e. The minimum Gasteiger partial charge on any atom is -0.384 e. The molecule has 0 aliphatic heterocycles. The molecule has 5 heteroatoms.